The van der Waals surface area contributed by atoms with Gasteiger partial charge in [0.25, 0.3) is 0 Å². The van der Waals surface area contributed by atoms with E-state index in [1.165, 1.54) is 12.8 Å². The van der Waals surface area contributed by atoms with Crippen LogP contribution in [0.25, 0.3) is 0 Å². The maximum absolute atomic E-state index is 5.48. The predicted molar refractivity (Wildman–Crippen MR) is 59.0 cm³/mol. The van der Waals surface area contributed by atoms with Gasteiger partial charge in [0.05, 0.1) is 18.1 Å². The molecule has 4 nitrogen and oxygen atoms in total. The van der Waals surface area contributed by atoms with Crippen LogP contribution in [0.5, 0.6) is 0 Å². The van der Waals surface area contributed by atoms with Crippen LogP contribution in [0.4, 0.5) is 11.6 Å². The molecule has 0 aliphatic carbocycles. The molecule has 0 spiro atoms. The molecule has 0 amide bonds. The average molecular weight is 194 g/mol. The van der Waals surface area contributed by atoms with Gasteiger partial charge in [-0.05, 0) is 5.92 Å². The van der Waals surface area contributed by atoms with Gasteiger partial charge in [-0.1, -0.05) is 26.7 Å². The van der Waals surface area contributed by atoms with E-state index in [-0.39, 0.29) is 0 Å². The number of rotatable bonds is 5. The fourth-order valence-corrected chi connectivity index (χ4v) is 1.24. The lowest BCUT2D eigenvalue weighted by Gasteiger charge is -2.12. The molecule has 14 heavy (non-hydrogen) atoms. The molecule has 0 saturated heterocycles. The molecule has 0 aliphatic heterocycles. The van der Waals surface area contributed by atoms with E-state index in [2.05, 4.69) is 29.1 Å². The third kappa shape index (κ3) is 3.20. The van der Waals surface area contributed by atoms with Gasteiger partial charge in [0.15, 0.2) is 0 Å². The van der Waals surface area contributed by atoms with E-state index in [0.29, 0.717) is 17.6 Å². The molecule has 78 valence electrons. The summed E-state index contributed by atoms with van der Waals surface area (Å²) < 4.78 is 0. The van der Waals surface area contributed by atoms with Crippen molar-refractivity contribution in [1.82, 2.24) is 9.97 Å². The number of anilines is 2. The fraction of sp³-hybridized carbons (Fsp3) is 0.600. The molecule has 1 rings (SSSR count). The number of hydrogen-bond donors (Lipinski definition) is 2. The van der Waals surface area contributed by atoms with E-state index in [9.17, 15) is 0 Å². The summed E-state index contributed by atoms with van der Waals surface area (Å²) in [6, 6.07) is 0. The molecule has 0 saturated carbocycles. The normalized spacial score (nSPS) is 10.5. The van der Waals surface area contributed by atoms with Crippen LogP contribution in [0, 0.1) is 5.92 Å². The molecule has 0 unspecified atom stereocenters. The Kier molecular flexibility index (Phi) is 4.16. The lowest BCUT2D eigenvalue weighted by molar-refractivity contribution is 0.517. The lowest BCUT2D eigenvalue weighted by atomic mass is 10.0. The minimum atomic E-state index is 0.595. The second-order valence-electron chi connectivity index (χ2n) is 3.40. The first-order chi connectivity index (χ1) is 6.76. The molecule has 0 aliphatic rings. The van der Waals surface area contributed by atoms with Crippen molar-refractivity contribution in [3.8, 4) is 0 Å². The number of nitrogens with one attached hydrogen (secondary N) is 1. The minimum Gasteiger partial charge on any atom is -0.396 e. The Hall–Kier alpha value is -1.32. The summed E-state index contributed by atoms with van der Waals surface area (Å²) >= 11 is 0. The zero-order valence-electron chi connectivity index (χ0n) is 8.83. The Morgan fingerprint density at radius 2 is 1.86 bits per heavy atom. The van der Waals surface area contributed by atoms with E-state index >= 15 is 0 Å². The van der Waals surface area contributed by atoms with Crippen molar-refractivity contribution in [3.05, 3.63) is 12.4 Å². The highest BCUT2D eigenvalue weighted by molar-refractivity contribution is 5.35. The van der Waals surface area contributed by atoms with Crippen molar-refractivity contribution in [2.75, 3.05) is 17.6 Å². The van der Waals surface area contributed by atoms with Crippen LogP contribution in [0.1, 0.15) is 26.7 Å². The van der Waals surface area contributed by atoms with Gasteiger partial charge >= 0.3 is 0 Å². The molecule has 0 fully saturated rings. The van der Waals surface area contributed by atoms with Crippen molar-refractivity contribution in [2.24, 2.45) is 5.92 Å². The topological polar surface area (TPSA) is 63.8 Å². The van der Waals surface area contributed by atoms with E-state index in [1.54, 1.807) is 12.4 Å². The first-order valence-corrected chi connectivity index (χ1v) is 5.07. The number of nitrogens with two attached hydrogens (primary N) is 1. The Labute approximate surface area is 85.0 Å². The van der Waals surface area contributed by atoms with Crippen molar-refractivity contribution in [1.29, 1.82) is 0 Å². The highest BCUT2D eigenvalue weighted by Crippen LogP contribution is 2.08. The molecule has 3 N–H and O–H groups in total. The number of hydrogen-bond acceptors (Lipinski definition) is 4. The maximum atomic E-state index is 5.48. The highest BCUT2D eigenvalue weighted by atomic mass is 15.1. The zero-order valence-corrected chi connectivity index (χ0v) is 8.83. The standard InChI is InChI=1S/C10H18N4/c1-3-8(4-2)5-12-10-13-6-9(11)7-14-10/h6-8H,3-5,11H2,1-2H3,(H,12,13,14). The second kappa shape index (κ2) is 5.42. The lowest BCUT2D eigenvalue weighted by Crippen LogP contribution is -2.14. The number of nitrogen functional groups attached to an aromatic ring is 1. The maximum Gasteiger partial charge on any atom is 0.222 e. The SMILES string of the molecule is CCC(CC)CNc1ncc(N)cn1. The smallest absolute Gasteiger partial charge is 0.222 e. The molecule has 0 aromatic carbocycles. The zero-order chi connectivity index (χ0) is 10.4. The van der Waals surface area contributed by atoms with Crippen LogP contribution >= 0.6 is 0 Å². The van der Waals surface area contributed by atoms with Gasteiger partial charge in [0.2, 0.25) is 5.95 Å². The Balaban J connectivity index is 2.41. The van der Waals surface area contributed by atoms with Crippen LogP contribution in [0.15, 0.2) is 12.4 Å². The second-order valence-corrected chi connectivity index (χ2v) is 3.40. The Morgan fingerprint density at radius 3 is 2.36 bits per heavy atom. The summed E-state index contributed by atoms with van der Waals surface area (Å²) in [4.78, 5) is 8.14. The van der Waals surface area contributed by atoms with E-state index in [4.69, 9.17) is 5.73 Å². The third-order valence-electron chi connectivity index (χ3n) is 2.38. The summed E-state index contributed by atoms with van der Waals surface area (Å²) in [5.41, 5.74) is 6.08. The molecule has 1 heterocycles. The summed E-state index contributed by atoms with van der Waals surface area (Å²) in [7, 11) is 0. The Morgan fingerprint density at radius 1 is 1.29 bits per heavy atom. The fourth-order valence-electron chi connectivity index (χ4n) is 1.24. The number of aromatic nitrogens is 2. The van der Waals surface area contributed by atoms with Crippen LogP contribution in [0.2, 0.25) is 0 Å². The molecular formula is C10H18N4. The van der Waals surface area contributed by atoms with Crippen LogP contribution in [-0.4, -0.2) is 16.5 Å². The minimum absolute atomic E-state index is 0.595. The summed E-state index contributed by atoms with van der Waals surface area (Å²) in [6.07, 6.45) is 5.58. The van der Waals surface area contributed by atoms with Gasteiger partial charge in [-0.3, -0.25) is 0 Å². The van der Waals surface area contributed by atoms with Crippen LogP contribution in [0.3, 0.4) is 0 Å². The predicted octanol–water partition coefficient (Wildman–Crippen LogP) is 1.91. The Bertz CT molecular complexity index is 253. The van der Waals surface area contributed by atoms with Crippen molar-refractivity contribution in [2.45, 2.75) is 26.7 Å². The van der Waals surface area contributed by atoms with Gasteiger partial charge in [-0.25, -0.2) is 9.97 Å². The quantitative estimate of drug-likeness (QED) is 0.751. The average Bonchev–Trinajstić information content (AvgIpc) is 2.22. The summed E-state index contributed by atoms with van der Waals surface area (Å²) in [6.45, 7) is 5.32. The van der Waals surface area contributed by atoms with Crippen molar-refractivity contribution < 1.29 is 0 Å². The van der Waals surface area contributed by atoms with Crippen LogP contribution in [-0.2, 0) is 0 Å². The molecule has 4 heteroatoms. The molecular weight excluding hydrogens is 176 g/mol. The first kappa shape index (κ1) is 10.8. The summed E-state index contributed by atoms with van der Waals surface area (Å²) in [5, 5.41) is 3.20. The highest BCUT2D eigenvalue weighted by Gasteiger charge is 2.03. The molecule has 0 atom stereocenters. The van der Waals surface area contributed by atoms with Gasteiger partial charge in [-0.15, -0.1) is 0 Å². The van der Waals surface area contributed by atoms with Gasteiger partial charge in [0, 0.05) is 6.54 Å². The van der Waals surface area contributed by atoms with Crippen molar-refractivity contribution >= 4 is 11.6 Å². The van der Waals surface area contributed by atoms with Gasteiger partial charge < -0.3 is 11.1 Å². The third-order valence-corrected chi connectivity index (χ3v) is 2.38. The molecule has 1 aromatic rings. The number of nitrogens with zero attached hydrogens (tertiary/aromatic N) is 2. The summed E-state index contributed by atoms with van der Waals surface area (Å²) in [5.74, 6) is 1.35. The van der Waals surface area contributed by atoms with Gasteiger partial charge in [0.1, 0.15) is 0 Å². The van der Waals surface area contributed by atoms with Gasteiger partial charge in [-0.2, -0.15) is 0 Å². The largest absolute Gasteiger partial charge is 0.396 e. The first-order valence-electron chi connectivity index (χ1n) is 5.07. The van der Waals surface area contributed by atoms with E-state index < -0.39 is 0 Å². The van der Waals surface area contributed by atoms with E-state index in [1.807, 2.05) is 0 Å². The van der Waals surface area contributed by atoms with Crippen molar-refractivity contribution in [3.63, 3.8) is 0 Å². The molecule has 1 aromatic heterocycles. The van der Waals surface area contributed by atoms with E-state index in [0.717, 1.165) is 6.54 Å². The molecule has 0 radical (unpaired) electrons. The molecule has 0 bridgehead atoms. The van der Waals surface area contributed by atoms with Crippen LogP contribution < -0.4 is 11.1 Å². The monoisotopic (exact) mass is 194 g/mol.